The predicted octanol–water partition coefficient (Wildman–Crippen LogP) is 3.77. The fourth-order valence-electron chi connectivity index (χ4n) is 1.97. The normalized spacial score (nSPS) is 15.8. The highest BCUT2D eigenvalue weighted by atomic mass is 15.1. The lowest BCUT2D eigenvalue weighted by atomic mass is 10.0. The second kappa shape index (κ2) is 7.70. The summed E-state index contributed by atoms with van der Waals surface area (Å²) in [6.07, 6.45) is 13.2. The Morgan fingerprint density at radius 3 is 2.73 bits per heavy atom. The topological polar surface area (TPSA) is 3.24 Å². The van der Waals surface area contributed by atoms with Gasteiger partial charge < -0.3 is 4.90 Å². The Morgan fingerprint density at radius 1 is 1.27 bits per heavy atom. The molecule has 1 aliphatic carbocycles. The van der Waals surface area contributed by atoms with Gasteiger partial charge in [-0.1, -0.05) is 44.1 Å². The van der Waals surface area contributed by atoms with E-state index in [1.165, 1.54) is 51.7 Å². The number of nitrogens with zero attached hydrogens (tertiary/aromatic N) is 1. The molecule has 0 fully saturated rings. The Balaban J connectivity index is 2.20. The molecule has 0 amide bonds. The molecule has 0 saturated heterocycles. The zero-order valence-electron chi connectivity index (χ0n) is 10.3. The molecule has 86 valence electrons. The maximum atomic E-state index is 2.57. The molecule has 0 radical (unpaired) electrons. The van der Waals surface area contributed by atoms with Crippen molar-refractivity contribution in [3.8, 4) is 0 Å². The van der Waals surface area contributed by atoms with E-state index in [2.05, 4.69) is 37.0 Å². The molecule has 0 aromatic carbocycles. The first kappa shape index (κ1) is 12.5. The molecule has 0 heterocycles. The minimum Gasteiger partial charge on any atom is -0.303 e. The number of hydrogen-bond acceptors (Lipinski definition) is 1. The summed E-state index contributed by atoms with van der Waals surface area (Å²) in [6, 6.07) is 0. The summed E-state index contributed by atoms with van der Waals surface area (Å²) >= 11 is 0. The summed E-state index contributed by atoms with van der Waals surface area (Å²) in [6.45, 7) is 8.25. The summed E-state index contributed by atoms with van der Waals surface area (Å²) in [7, 11) is 0. The lowest BCUT2D eigenvalue weighted by Crippen LogP contribution is -2.26. The van der Waals surface area contributed by atoms with E-state index in [1.54, 1.807) is 5.57 Å². The highest BCUT2D eigenvalue weighted by molar-refractivity contribution is 5.17. The molecule has 1 aliphatic rings. The van der Waals surface area contributed by atoms with Gasteiger partial charge >= 0.3 is 0 Å². The highest BCUT2D eigenvalue weighted by Gasteiger charge is 2.04. The van der Waals surface area contributed by atoms with Crippen LogP contribution in [-0.2, 0) is 0 Å². The maximum absolute atomic E-state index is 2.57. The van der Waals surface area contributed by atoms with E-state index >= 15 is 0 Å². The molecule has 0 N–H and O–H groups in total. The van der Waals surface area contributed by atoms with Crippen LogP contribution in [0.15, 0.2) is 23.8 Å². The molecule has 1 heteroatoms. The van der Waals surface area contributed by atoms with Gasteiger partial charge in [-0.2, -0.15) is 0 Å². The molecule has 0 saturated carbocycles. The number of hydrogen-bond donors (Lipinski definition) is 0. The lowest BCUT2D eigenvalue weighted by Gasteiger charge is -2.21. The first-order valence-corrected chi connectivity index (χ1v) is 6.43. The summed E-state index contributed by atoms with van der Waals surface area (Å²) in [5.41, 5.74) is 1.63. The van der Waals surface area contributed by atoms with Crippen LogP contribution in [0.4, 0.5) is 0 Å². The second-order valence-electron chi connectivity index (χ2n) is 4.33. The molecule has 0 spiro atoms. The molecule has 0 bridgehead atoms. The van der Waals surface area contributed by atoms with E-state index in [0.717, 1.165) is 0 Å². The van der Waals surface area contributed by atoms with Crippen LogP contribution in [0.25, 0.3) is 0 Å². The van der Waals surface area contributed by atoms with Crippen LogP contribution in [0.5, 0.6) is 0 Å². The molecule has 0 atom stereocenters. The smallest absolute Gasteiger partial charge is 0.00186 e. The van der Waals surface area contributed by atoms with Gasteiger partial charge in [0.2, 0.25) is 0 Å². The Labute approximate surface area is 94.9 Å². The standard InChI is InChI=1S/C14H25N/c1-3-5-12-15(4-2)13-11-14-9-7-6-8-10-14/h6-7,9H,3-5,8,10-13H2,1-2H3. The average molecular weight is 207 g/mol. The van der Waals surface area contributed by atoms with Gasteiger partial charge in [-0.25, -0.2) is 0 Å². The molecule has 0 aromatic rings. The predicted molar refractivity (Wildman–Crippen MR) is 68.1 cm³/mol. The molecule has 15 heavy (non-hydrogen) atoms. The van der Waals surface area contributed by atoms with Crippen molar-refractivity contribution in [1.82, 2.24) is 4.90 Å². The van der Waals surface area contributed by atoms with Gasteiger partial charge in [-0.05, 0) is 38.8 Å². The minimum atomic E-state index is 1.20. The SMILES string of the molecule is CCCCN(CC)CCC1=CC=CCC1. The third-order valence-electron chi connectivity index (χ3n) is 3.12. The van der Waals surface area contributed by atoms with Crippen molar-refractivity contribution in [2.24, 2.45) is 0 Å². The second-order valence-corrected chi connectivity index (χ2v) is 4.33. The lowest BCUT2D eigenvalue weighted by molar-refractivity contribution is 0.286. The molecular weight excluding hydrogens is 182 g/mol. The van der Waals surface area contributed by atoms with Crippen molar-refractivity contribution >= 4 is 0 Å². The molecule has 0 aliphatic heterocycles. The zero-order valence-corrected chi connectivity index (χ0v) is 10.3. The van der Waals surface area contributed by atoms with Crippen LogP contribution in [0.3, 0.4) is 0 Å². The van der Waals surface area contributed by atoms with Crippen molar-refractivity contribution in [1.29, 1.82) is 0 Å². The largest absolute Gasteiger partial charge is 0.303 e. The van der Waals surface area contributed by atoms with E-state index < -0.39 is 0 Å². The third-order valence-corrected chi connectivity index (χ3v) is 3.12. The first-order valence-electron chi connectivity index (χ1n) is 6.43. The van der Waals surface area contributed by atoms with E-state index in [1.807, 2.05) is 0 Å². The van der Waals surface area contributed by atoms with Gasteiger partial charge in [0.25, 0.3) is 0 Å². The molecule has 1 nitrogen and oxygen atoms in total. The number of unbranched alkanes of at least 4 members (excludes halogenated alkanes) is 1. The summed E-state index contributed by atoms with van der Waals surface area (Å²) in [5, 5.41) is 0. The minimum absolute atomic E-state index is 1.20. The van der Waals surface area contributed by atoms with Gasteiger partial charge in [0.05, 0.1) is 0 Å². The molecule has 0 unspecified atom stereocenters. The molecular formula is C14H25N. The van der Waals surface area contributed by atoms with Crippen molar-refractivity contribution in [2.75, 3.05) is 19.6 Å². The Bertz CT molecular complexity index is 215. The van der Waals surface area contributed by atoms with Crippen molar-refractivity contribution in [2.45, 2.75) is 46.0 Å². The highest BCUT2D eigenvalue weighted by Crippen LogP contribution is 2.15. The van der Waals surface area contributed by atoms with Crippen LogP contribution in [0.2, 0.25) is 0 Å². The fraction of sp³-hybridized carbons (Fsp3) is 0.714. The van der Waals surface area contributed by atoms with Gasteiger partial charge in [-0.15, -0.1) is 0 Å². The summed E-state index contributed by atoms with van der Waals surface area (Å²) < 4.78 is 0. The Hall–Kier alpha value is -0.560. The van der Waals surface area contributed by atoms with Crippen LogP contribution in [0.1, 0.15) is 46.0 Å². The summed E-state index contributed by atoms with van der Waals surface area (Å²) in [4.78, 5) is 2.57. The van der Waals surface area contributed by atoms with Crippen LogP contribution >= 0.6 is 0 Å². The van der Waals surface area contributed by atoms with Gasteiger partial charge in [0.1, 0.15) is 0 Å². The quantitative estimate of drug-likeness (QED) is 0.614. The van der Waals surface area contributed by atoms with Crippen LogP contribution in [0, 0.1) is 0 Å². The van der Waals surface area contributed by atoms with Gasteiger partial charge in [-0.3, -0.25) is 0 Å². The first-order chi connectivity index (χ1) is 7.36. The molecule has 1 rings (SSSR count). The van der Waals surface area contributed by atoms with Crippen LogP contribution in [-0.4, -0.2) is 24.5 Å². The van der Waals surface area contributed by atoms with E-state index in [-0.39, 0.29) is 0 Å². The maximum Gasteiger partial charge on any atom is 0.00186 e. The zero-order chi connectivity index (χ0) is 10.9. The van der Waals surface area contributed by atoms with E-state index in [9.17, 15) is 0 Å². The van der Waals surface area contributed by atoms with E-state index in [4.69, 9.17) is 0 Å². The molecule has 0 aromatic heterocycles. The number of allylic oxidation sites excluding steroid dienone is 3. The Morgan fingerprint density at radius 2 is 2.13 bits per heavy atom. The van der Waals surface area contributed by atoms with Crippen LogP contribution < -0.4 is 0 Å². The third kappa shape index (κ3) is 5.17. The fourth-order valence-corrected chi connectivity index (χ4v) is 1.97. The van der Waals surface area contributed by atoms with Gasteiger partial charge in [0.15, 0.2) is 0 Å². The van der Waals surface area contributed by atoms with Crippen molar-refractivity contribution in [3.05, 3.63) is 23.8 Å². The Kier molecular flexibility index (Phi) is 6.42. The van der Waals surface area contributed by atoms with E-state index in [0.29, 0.717) is 0 Å². The van der Waals surface area contributed by atoms with Gasteiger partial charge in [0, 0.05) is 6.54 Å². The van der Waals surface area contributed by atoms with Crippen molar-refractivity contribution in [3.63, 3.8) is 0 Å². The van der Waals surface area contributed by atoms with Crippen molar-refractivity contribution < 1.29 is 0 Å². The number of rotatable bonds is 7. The monoisotopic (exact) mass is 207 g/mol. The average Bonchev–Trinajstić information content (AvgIpc) is 2.31. The summed E-state index contributed by atoms with van der Waals surface area (Å²) in [5.74, 6) is 0.